The highest BCUT2D eigenvalue weighted by molar-refractivity contribution is 5.76. The van der Waals surface area contributed by atoms with Gasteiger partial charge >= 0.3 is 0 Å². The normalized spacial score (nSPS) is 13.5. The van der Waals surface area contributed by atoms with Crippen molar-refractivity contribution in [2.45, 2.75) is 193 Å². The topological polar surface area (TPSA) is 69.6 Å². The number of nitrogens with one attached hydrogen (secondary N) is 1. The molecule has 3 N–H and O–H groups in total. The van der Waals surface area contributed by atoms with Gasteiger partial charge in [-0.1, -0.05) is 147 Å². The smallest absolute Gasteiger partial charge is 0.220 e. The molecule has 0 aliphatic heterocycles. The maximum atomic E-state index is 12.3. The molecule has 0 fully saturated rings. The summed E-state index contributed by atoms with van der Waals surface area (Å²) in [7, 11) is 0. The lowest BCUT2D eigenvalue weighted by molar-refractivity contribution is -0.123. The van der Waals surface area contributed by atoms with E-state index < -0.39 is 12.1 Å². The minimum Gasteiger partial charge on any atom is -0.394 e. The maximum absolute atomic E-state index is 12.3. The first-order valence-electron chi connectivity index (χ1n) is 18.2. The lowest BCUT2D eigenvalue weighted by Gasteiger charge is -2.20. The van der Waals surface area contributed by atoms with Gasteiger partial charge in [0.1, 0.15) is 0 Å². The lowest BCUT2D eigenvalue weighted by atomic mass is 10.1. The van der Waals surface area contributed by atoms with Crippen LogP contribution >= 0.6 is 0 Å². The molecule has 4 nitrogen and oxygen atoms in total. The molecule has 42 heavy (non-hydrogen) atoms. The highest BCUT2D eigenvalue weighted by Crippen LogP contribution is 2.12. The number of allylic oxidation sites excluding steroid dienone is 5. The number of unbranched alkanes of at least 4 members (excludes halogenated alkanes) is 21. The molecular weight excluding hydrogens is 518 g/mol. The second kappa shape index (κ2) is 34.1. The summed E-state index contributed by atoms with van der Waals surface area (Å²) < 4.78 is 0. The van der Waals surface area contributed by atoms with Crippen LogP contribution in [0.3, 0.4) is 0 Å². The molecule has 0 radical (unpaired) electrons. The summed E-state index contributed by atoms with van der Waals surface area (Å²) in [5.74, 6) is -0.0740. The quantitative estimate of drug-likeness (QED) is 0.0540. The van der Waals surface area contributed by atoms with E-state index in [1.807, 2.05) is 6.08 Å². The van der Waals surface area contributed by atoms with Crippen LogP contribution in [-0.2, 0) is 4.79 Å². The van der Waals surface area contributed by atoms with Gasteiger partial charge in [0.15, 0.2) is 0 Å². The molecule has 0 aromatic carbocycles. The number of hydrogen-bond donors (Lipinski definition) is 3. The van der Waals surface area contributed by atoms with Gasteiger partial charge in [-0.05, 0) is 64.2 Å². The number of aliphatic hydroxyl groups excluding tert-OH is 2. The number of amides is 1. The van der Waals surface area contributed by atoms with Gasteiger partial charge in [0.25, 0.3) is 0 Å². The first-order chi connectivity index (χ1) is 20.7. The minimum absolute atomic E-state index is 0.0740. The van der Waals surface area contributed by atoms with Crippen molar-refractivity contribution in [1.29, 1.82) is 0 Å². The van der Waals surface area contributed by atoms with Gasteiger partial charge in [-0.25, -0.2) is 0 Å². The Hall–Kier alpha value is -1.39. The summed E-state index contributed by atoms with van der Waals surface area (Å²) in [6.45, 7) is 4.23. The third-order valence-corrected chi connectivity index (χ3v) is 8.07. The molecule has 0 aromatic heterocycles. The van der Waals surface area contributed by atoms with Crippen LogP contribution in [0.4, 0.5) is 0 Å². The largest absolute Gasteiger partial charge is 0.394 e. The van der Waals surface area contributed by atoms with Crippen molar-refractivity contribution >= 4 is 5.91 Å². The molecule has 4 heteroatoms. The zero-order valence-electron chi connectivity index (χ0n) is 28.0. The average Bonchev–Trinajstić information content (AvgIpc) is 2.99. The van der Waals surface area contributed by atoms with E-state index in [1.54, 1.807) is 6.08 Å². The molecule has 1 amide bonds. The number of aliphatic hydroxyl groups is 2. The van der Waals surface area contributed by atoms with E-state index >= 15 is 0 Å². The van der Waals surface area contributed by atoms with Crippen molar-refractivity contribution in [3.8, 4) is 0 Å². The van der Waals surface area contributed by atoms with Crippen LogP contribution in [0.2, 0.25) is 0 Å². The van der Waals surface area contributed by atoms with Crippen molar-refractivity contribution in [3.05, 3.63) is 36.5 Å². The SMILES string of the molecule is CCC/C=C/CCCCCCCC/C=C/[C@@H](O)[C@H](CO)NC(=O)CCCCCCCCC/C=C/CCCCCCCC. The van der Waals surface area contributed by atoms with Crippen LogP contribution in [0.25, 0.3) is 0 Å². The van der Waals surface area contributed by atoms with Gasteiger partial charge in [0, 0.05) is 6.42 Å². The number of rotatable bonds is 32. The molecule has 0 aromatic rings. The van der Waals surface area contributed by atoms with Crippen molar-refractivity contribution < 1.29 is 15.0 Å². The standard InChI is InChI=1S/C38H71NO3/c1-3-5-7-9-11-13-15-17-18-19-20-22-24-26-28-30-32-34-38(42)39-36(35-40)37(41)33-31-29-27-25-23-21-16-14-12-10-8-6-4-2/h8,10,17-18,31,33,36-37,40-41H,3-7,9,11-16,19-30,32,34-35H2,1-2H3,(H,39,42)/b10-8+,18-17+,33-31+/t36-,37+/m0/s1. The van der Waals surface area contributed by atoms with Crippen LogP contribution in [-0.4, -0.2) is 34.9 Å². The summed E-state index contributed by atoms with van der Waals surface area (Å²) in [6, 6.07) is -0.625. The summed E-state index contributed by atoms with van der Waals surface area (Å²) in [6.07, 6.45) is 43.6. The van der Waals surface area contributed by atoms with Crippen molar-refractivity contribution in [1.82, 2.24) is 5.32 Å². The van der Waals surface area contributed by atoms with Crippen molar-refractivity contribution in [3.63, 3.8) is 0 Å². The first kappa shape index (κ1) is 40.6. The van der Waals surface area contributed by atoms with E-state index in [0.29, 0.717) is 6.42 Å². The molecule has 246 valence electrons. The summed E-state index contributed by atoms with van der Waals surface area (Å²) in [5, 5.41) is 22.9. The van der Waals surface area contributed by atoms with Gasteiger partial charge in [-0.15, -0.1) is 0 Å². The summed E-state index contributed by atoms with van der Waals surface area (Å²) in [4.78, 5) is 12.3. The molecule has 0 saturated heterocycles. The molecule has 0 unspecified atom stereocenters. The van der Waals surface area contributed by atoms with E-state index in [-0.39, 0.29) is 12.5 Å². The molecule has 0 heterocycles. The Morgan fingerprint density at radius 3 is 1.40 bits per heavy atom. The first-order valence-corrected chi connectivity index (χ1v) is 18.2. The second-order valence-corrected chi connectivity index (χ2v) is 12.3. The van der Waals surface area contributed by atoms with E-state index in [2.05, 4.69) is 43.5 Å². The van der Waals surface area contributed by atoms with Gasteiger partial charge in [0.2, 0.25) is 5.91 Å². The minimum atomic E-state index is -0.842. The molecule has 0 bridgehead atoms. The molecular formula is C38H71NO3. The van der Waals surface area contributed by atoms with Crippen LogP contribution < -0.4 is 5.32 Å². The zero-order valence-corrected chi connectivity index (χ0v) is 28.0. The second-order valence-electron chi connectivity index (χ2n) is 12.3. The van der Waals surface area contributed by atoms with Crippen LogP contribution in [0.15, 0.2) is 36.5 Å². The van der Waals surface area contributed by atoms with Crippen LogP contribution in [0.1, 0.15) is 181 Å². The molecule has 0 aliphatic rings. The van der Waals surface area contributed by atoms with E-state index in [4.69, 9.17) is 0 Å². The van der Waals surface area contributed by atoms with Crippen molar-refractivity contribution in [2.75, 3.05) is 6.61 Å². The monoisotopic (exact) mass is 590 g/mol. The Morgan fingerprint density at radius 1 is 0.548 bits per heavy atom. The summed E-state index contributed by atoms with van der Waals surface area (Å²) >= 11 is 0. The fourth-order valence-corrected chi connectivity index (χ4v) is 5.23. The Kier molecular flexibility index (Phi) is 33.0. The predicted octanol–water partition coefficient (Wildman–Crippen LogP) is 10.7. The zero-order chi connectivity index (χ0) is 30.8. The van der Waals surface area contributed by atoms with Gasteiger partial charge in [0.05, 0.1) is 18.8 Å². The molecule has 0 aliphatic carbocycles. The third kappa shape index (κ3) is 30.1. The van der Waals surface area contributed by atoms with Gasteiger partial charge in [-0.3, -0.25) is 4.79 Å². The molecule has 0 saturated carbocycles. The van der Waals surface area contributed by atoms with Crippen molar-refractivity contribution in [2.24, 2.45) is 0 Å². The van der Waals surface area contributed by atoms with Crippen LogP contribution in [0.5, 0.6) is 0 Å². The fraction of sp³-hybridized carbons (Fsp3) is 0.816. The highest BCUT2D eigenvalue weighted by atomic mass is 16.3. The van der Waals surface area contributed by atoms with E-state index in [9.17, 15) is 15.0 Å². The average molecular weight is 590 g/mol. The van der Waals surface area contributed by atoms with E-state index in [1.165, 1.54) is 135 Å². The summed E-state index contributed by atoms with van der Waals surface area (Å²) in [5.41, 5.74) is 0. The number of carbonyl (C=O) groups excluding carboxylic acids is 1. The Balaban J connectivity index is 3.64. The Labute approximate surface area is 261 Å². The van der Waals surface area contributed by atoms with Gasteiger partial charge in [-0.2, -0.15) is 0 Å². The highest BCUT2D eigenvalue weighted by Gasteiger charge is 2.17. The molecule has 0 rings (SSSR count). The van der Waals surface area contributed by atoms with Gasteiger partial charge < -0.3 is 15.5 Å². The Bertz CT molecular complexity index is 642. The Morgan fingerprint density at radius 2 is 0.952 bits per heavy atom. The van der Waals surface area contributed by atoms with E-state index in [0.717, 1.165) is 25.7 Å². The third-order valence-electron chi connectivity index (χ3n) is 8.07. The number of hydrogen-bond acceptors (Lipinski definition) is 3. The number of carbonyl (C=O) groups is 1. The predicted molar refractivity (Wildman–Crippen MR) is 184 cm³/mol. The van der Waals surface area contributed by atoms with Crippen LogP contribution in [0, 0.1) is 0 Å². The maximum Gasteiger partial charge on any atom is 0.220 e. The fourth-order valence-electron chi connectivity index (χ4n) is 5.23. The molecule has 0 spiro atoms. The molecule has 2 atom stereocenters. The lowest BCUT2D eigenvalue weighted by Crippen LogP contribution is -2.45.